The molecule has 1 aliphatic rings. The first-order valence-corrected chi connectivity index (χ1v) is 10.1. The largest absolute Gasteiger partial charge is 0.469 e. The molecule has 0 saturated carbocycles. The molecule has 1 aliphatic heterocycles. The van der Waals surface area contributed by atoms with Crippen molar-refractivity contribution < 1.29 is 28.6 Å². The second kappa shape index (κ2) is 10.5. The summed E-state index contributed by atoms with van der Waals surface area (Å²) in [5, 5.41) is 3.37. The van der Waals surface area contributed by atoms with Gasteiger partial charge in [0.05, 0.1) is 33.3 Å². The number of benzene rings is 2. The number of hydrogen-bond acceptors (Lipinski definition) is 8. The van der Waals surface area contributed by atoms with Gasteiger partial charge in [-0.1, -0.05) is 36.4 Å². The number of anilines is 2. The molecule has 8 heteroatoms. The molecule has 2 aromatic rings. The van der Waals surface area contributed by atoms with Crippen molar-refractivity contribution in [2.75, 3.05) is 31.5 Å². The lowest BCUT2D eigenvalue weighted by Crippen LogP contribution is -2.54. The fourth-order valence-corrected chi connectivity index (χ4v) is 3.86. The Morgan fingerprint density at radius 1 is 0.875 bits per heavy atom. The summed E-state index contributed by atoms with van der Waals surface area (Å²) < 4.78 is 14.9. The van der Waals surface area contributed by atoms with Crippen molar-refractivity contribution in [1.82, 2.24) is 0 Å². The number of nitrogens with one attached hydrogen (secondary N) is 1. The summed E-state index contributed by atoms with van der Waals surface area (Å²) >= 11 is 0. The summed E-state index contributed by atoms with van der Waals surface area (Å²) in [6, 6.07) is 18.7. The molecular formula is C24H26N2O6. The van der Waals surface area contributed by atoms with Gasteiger partial charge in [0.25, 0.3) is 0 Å². The molecule has 2 aromatic carbocycles. The van der Waals surface area contributed by atoms with Crippen LogP contribution in [-0.4, -0.2) is 45.4 Å². The van der Waals surface area contributed by atoms with Crippen molar-refractivity contribution in [3.8, 4) is 0 Å². The zero-order chi connectivity index (χ0) is 23.1. The Hall–Kier alpha value is -3.81. The van der Waals surface area contributed by atoms with Gasteiger partial charge >= 0.3 is 17.9 Å². The van der Waals surface area contributed by atoms with Crippen molar-refractivity contribution in [1.29, 1.82) is 0 Å². The van der Waals surface area contributed by atoms with E-state index in [0.717, 1.165) is 11.4 Å². The fraction of sp³-hybridized carbons (Fsp3) is 0.292. The average molecular weight is 438 g/mol. The Morgan fingerprint density at radius 3 is 2.06 bits per heavy atom. The normalized spacial score (nSPS) is 20.0. The molecule has 0 aromatic heterocycles. The summed E-state index contributed by atoms with van der Waals surface area (Å²) in [5.41, 5.74) is 1.69. The standard InChI is InChI=1S/C24H26N2O6/c1-30-20(27)14-18-19(23(28)31-2)15-26(17-12-8-5-9-13-17)22(21(18)24(29)32-3)25-16-10-6-4-7-11-16/h4-13,15,18,21-22,25H,14H2,1-3H3. The number of rotatable bonds is 7. The molecule has 3 atom stereocenters. The van der Waals surface area contributed by atoms with Crippen LogP contribution in [0.3, 0.4) is 0 Å². The molecule has 0 radical (unpaired) electrons. The van der Waals surface area contributed by atoms with E-state index in [0.29, 0.717) is 0 Å². The number of nitrogens with zero attached hydrogens (tertiary/aromatic N) is 1. The molecule has 0 spiro atoms. The smallest absolute Gasteiger partial charge is 0.335 e. The first-order chi connectivity index (χ1) is 15.5. The summed E-state index contributed by atoms with van der Waals surface area (Å²) in [7, 11) is 3.79. The maximum atomic E-state index is 13.1. The molecule has 3 unspecified atom stereocenters. The van der Waals surface area contributed by atoms with Gasteiger partial charge in [-0.15, -0.1) is 0 Å². The monoisotopic (exact) mass is 438 g/mol. The Bertz CT molecular complexity index is 976. The van der Waals surface area contributed by atoms with E-state index in [-0.39, 0.29) is 12.0 Å². The van der Waals surface area contributed by atoms with Crippen molar-refractivity contribution in [2.45, 2.75) is 12.6 Å². The van der Waals surface area contributed by atoms with E-state index in [1.807, 2.05) is 60.7 Å². The minimum absolute atomic E-state index is 0.184. The molecular weight excluding hydrogens is 412 g/mol. The van der Waals surface area contributed by atoms with Gasteiger partial charge < -0.3 is 24.4 Å². The molecule has 0 fully saturated rings. The number of ether oxygens (including phenoxy) is 3. The van der Waals surface area contributed by atoms with E-state index in [4.69, 9.17) is 14.2 Å². The molecule has 3 rings (SSSR count). The minimum Gasteiger partial charge on any atom is -0.469 e. The Balaban J connectivity index is 2.19. The SMILES string of the molecule is COC(=O)CC1C(C(=O)OC)=CN(c2ccccc2)C(Nc2ccccc2)C1C(=O)OC. The van der Waals surface area contributed by atoms with Crippen LogP contribution in [0, 0.1) is 11.8 Å². The highest BCUT2D eigenvalue weighted by Gasteiger charge is 2.47. The van der Waals surface area contributed by atoms with E-state index in [1.165, 1.54) is 21.3 Å². The Morgan fingerprint density at radius 2 is 1.50 bits per heavy atom. The zero-order valence-corrected chi connectivity index (χ0v) is 18.2. The summed E-state index contributed by atoms with van der Waals surface area (Å²) in [6.07, 6.45) is 0.775. The number of carbonyl (C=O) groups excluding carboxylic acids is 3. The van der Waals surface area contributed by atoms with E-state index in [9.17, 15) is 14.4 Å². The number of methoxy groups -OCH3 is 3. The van der Waals surface area contributed by atoms with Gasteiger partial charge in [0.15, 0.2) is 0 Å². The molecule has 168 valence electrons. The average Bonchev–Trinajstić information content (AvgIpc) is 2.84. The van der Waals surface area contributed by atoms with Crippen LogP contribution in [0.4, 0.5) is 11.4 Å². The third kappa shape index (κ3) is 4.91. The van der Waals surface area contributed by atoms with Crippen LogP contribution < -0.4 is 10.2 Å². The van der Waals surface area contributed by atoms with Crippen molar-refractivity contribution in [3.63, 3.8) is 0 Å². The first kappa shape index (κ1) is 22.9. The van der Waals surface area contributed by atoms with Crippen LogP contribution in [0.25, 0.3) is 0 Å². The van der Waals surface area contributed by atoms with Gasteiger partial charge in [-0.05, 0) is 24.3 Å². The number of hydrogen-bond donors (Lipinski definition) is 1. The highest BCUT2D eigenvalue weighted by molar-refractivity contribution is 5.93. The van der Waals surface area contributed by atoms with E-state index in [1.54, 1.807) is 11.1 Å². The van der Waals surface area contributed by atoms with Crippen molar-refractivity contribution >= 4 is 29.3 Å². The Labute approximate surface area is 186 Å². The fourth-order valence-electron chi connectivity index (χ4n) is 3.86. The van der Waals surface area contributed by atoms with Crippen molar-refractivity contribution in [2.24, 2.45) is 11.8 Å². The van der Waals surface area contributed by atoms with E-state index < -0.39 is 35.9 Å². The summed E-state index contributed by atoms with van der Waals surface area (Å²) in [5.74, 6) is -3.48. The maximum Gasteiger partial charge on any atom is 0.335 e. The highest BCUT2D eigenvalue weighted by atomic mass is 16.5. The first-order valence-electron chi connectivity index (χ1n) is 10.1. The van der Waals surface area contributed by atoms with Crippen LogP contribution in [0.15, 0.2) is 72.4 Å². The van der Waals surface area contributed by atoms with E-state index >= 15 is 0 Å². The second-order valence-corrected chi connectivity index (χ2v) is 7.21. The molecule has 1 heterocycles. The number of para-hydroxylation sites is 2. The van der Waals surface area contributed by atoms with Gasteiger partial charge in [-0.3, -0.25) is 9.59 Å². The lowest BCUT2D eigenvalue weighted by molar-refractivity contribution is -0.150. The van der Waals surface area contributed by atoms with Crippen LogP contribution in [-0.2, 0) is 28.6 Å². The molecule has 0 aliphatic carbocycles. The number of carbonyl (C=O) groups is 3. The third-order valence-corrected chi connectivity index (χ3v) is 5.40. The minimum atomic E-state index is -0.918. The van der Waals surface area contributed by atoms with E-state index in [2.05, 4.69) is 5.32 Å². The maximum absolute atomic E-state index is 13.1. The molecule has 32 heavy (non-hydrogen) atoms. The lowest BCUT2D eigenvalue weighted by Gasteiger charge is -2.43. The topological polar surface area (TPSA) is 94.2 Å². The molecule has 0 amide bonds. The third-order valence-electron chi connectivity index (χ3n) is 5.40. The molecule has 8 nitrogen and oxygen atoms in total. The van der Waals surface area contributed by atoms with Crippen LogP contribution >= 0.6 is 0 Å². The van der Waals surface area contributed by atoms with Crippen LogP contribution in [0.2, 0.25) is 0 Å². The quantitative estimate of drug-likeness (QED) is 0.521. The van der Waals surface area contributed by atoms with Crippen molar-refractivity contribution in [3.05, 3.63) is 72.4 Å². The van der Waals surface area contributed by atoms with Gasteiger partial charge in [0.1, 0.15) is 12.1 Å². The predicted molar refractivity (Wildman–Crippen MR) is 119 cm³/mol. The molecule has 1 N–H and O–H groups in total. The lowest BCUT2D eigenvalue weighted by atomic mass is 9.78. The van der Waals surface area contributed by atoms with Gasteiger partial charge in [-0.2, -0.15) is 0 Å². The van der Waals surface area contributed by atoms with Gasteiger partial charge in [-0.25, -0.2) is 4.79 Å². The van der Waals surface area contributed by atoms with Gasteiger partial charge in [0.2, 0.25) is 0 Å². The summed E-state index contributed by atoms with van der Waals surface area (Å²) in [4.78, 5) is 39.8. The molecule has 0 saturated heterocycles. The number of esters is 3. The van der Waals surface area contributed by atoms with Crippen LogP contribution in [0.5, 0.6) is 0 Å². The molecule has 0 bridgehead atoms. The van der Waals surface area contributed by atoms with Crippen LogP contribution in [0.1, 0.15) is 6.42 Å². The predicted octanol–water partition coefficient (Wildman–Crippen LogP) is 2.97. The zero-order valence-electron chi connectivity index (χ0n) is 18.2. The second-order valence-electron chi connectivity index (χ2n) is 7.21. The highest BCUT2D eigenvalue weighted by Crippen LogP contribution is 2.39. The summed E-state index contributed by atoms with van der Waals surface area (Å²) in [6.45, 7) is 0. The van der Waals surface area contributed by atoms with Gasteiger partial charge in [0, 0.05) is 23.5 Å². The Kier molecular flexibility index (Phi) is 7.49.